The number of hydrogen-bond donors (Lipinski definition) is 11. The molecule has 0 spiro atoms. The van der Waals surface area contributed by atoms with Crippen molar-refractivity contribution in [1.82, 2.24) is 0 Å². The molecule has 2 bridgehead atoms. The van der Waals surface area contributed by atoms with E-state index >= 15 is 0 Å². The summed E-state index contributed by atoms with van der Waals surface area (Å²) in [6, 6.07) is -1.38. The summed E-state index contributed by atoms with van der Waals surface area (Å²) in [7, 11) is 0. The van der Waals surface area contributed by atoms with E-state index in [0.29, 0.717) is 0 Å². The fourth-order valence-corrected chi connectivity index (χ4v) is 8.11. The van der Waals surface area contributed by atoms with Crippen LogP contribution in [0.5, 0.6) is 0 Å². The number of nitrogens with zero attached hydrogens (tertiary/aromatic N) is 3. The monoisotopic (exact) mass is 949 g/mol. The number of rotatable bonds is 4. The molecule has 0 saturated carbocycles. The summed E-state index contributed by atoms with van der Waals surface area (Å²) in [4.78, 5) is 27.8. The van der Waals surface area contributed by atoms with Crippen LogP contribution in [0.1, 0.15) is 79.1 Å². The molecule has 67 heavy (non-hydrogen) atoms. The van der Waals surface area contributed by atoms with Crippen LogP contribution < -0.4 is 0 Å². The second-order valence-electron chi connectivity index (χ2n) is 17.7. The lowest BCUT2D eigenvalue weighted by molar-refractivity contribution is -0.308. The van der Waals surface area contributed by atoms with Crippen LogP contribution in [0.2, 0.25) is 0 Å². The molecule has 20 heteroatoms. The minimum Gasteiger partial charge on any atom is -0.481 e. The highest BCUT2D eigenvalue weighted by Gasteiger charge is 2.51. The number of carboxylic acid groups (broad SMARTS) is 1. The van der Waals surface area contributed by atoms with Gasteiger partial charge in [0.2, 0.25) is 0 Å². The molecule has 0 aliphatic carbocycles. The average Bonchev–Trinajstić information content (AvgIpc) is 3.24. The molecule has 11 N–H and O–H groups in total. The molecule has 5 unspecified atom stereocenters. The molecule has 3 aliphatic heterocycles. The van der Waals surface area contributed by atoms with Gasteiger partial charge in [-0.15, -0.1) is 0 Å². The third-order valence-electron chi connectivity index (χ3n) is 12.1. The van der Waals surface area contributed by atoms with Crippen molar-refractivity contribution in [3.8, 4) is 0 Å². The van der Waals surface area contributed by atoms with Gasteiger partial charge in [-0.25, -0.2) is 0 Å². The molecule has 376 valence electrons. The minimum absolute atomic E-state index is 0.121. The van der Waals surface area contributed by atoms with Crippen LogP contribution in [0.4, 0.5) is 0 Å². The predicted octanol–water partition coefficient (Wildman–Crippen LogP) is 2.06. The lowest BCUT2D eigenvalue weighted by Crippen LogP contribution is -2.58. The molecule has 3 rings (SSSR count). The topological polar surface area (TPSA) is 342 Å². The van der Waals surface area contributed by atoms with Crippen LogP contribution >= 0.6 is 0 Å². The molecule has 3 heterocycles. The number of cyclic esters (lactones) is 1. The third kappa shape index (κ3) is 19.1. The highest BCUT2D eigenvalue weighted by Crippen LogP contribution is 2.38. The molecule has 0 amide bonds. The number of aliphatic hydroxyl groups excluding tert-OH is 9. The maximum absolute atomic E-state index is 12.6. The molecule has 20 nitrogen and oxygen atoms in total. The van der Waals surface area contributed by atoms with E-state index < -0.39 is 147 Å². The summed E-state index contributed by atoms with van der Waals surface area (Å²) in [6.07, 6.45) is 2.10. The van der Waals surface area contributed by atoms with Crippen molar-refractivity contribution < 1.29 is 84.7 Å². The highest BCUT2D eigenvalue weighted by atomic mass is 16.7. The highest BCUT2D eigenvalue weighted by molar-refractivity contribution is 5.71. The molecule has 0 aromatic heterocycles. The fraction of sp³-hybridized carbons (Fsp3) is 0.660. The second kappa shape index (κ2) is 28.4. The zero-order valence-corrected chi connectivity index (χ0v) is 38.3. The van der Waals surface area contributed by atoms with Gasteiger partial charge < -0.3 is 75.1 Å². The Bertz CT molecular complexity index is 1800. The average molecular weight is 950 g/mol. The Balaban J connectivity index is 1.89. The summed E-state index contributed by atoms with van der Waals surface area (Å²) in [5, 5.41) is 122. The van der Waals surface area contributed by atoms with Gasteiger partial charge in [0.25, 0.3) is 0 Å². The molecule has 3 aliphatic rings. The lowest BCUT2D eigenvalue weighted by Gasteiger charge is -2.45. The number of allylic oxidation sites excluding steroid dienone is 12. The first-order chi connectivity index (χ1) is 31.7. The number of esters is 1. The van der Waals surface area contributed by atoms with Gasteiger partial charge in [-0.1, -0.05) is 104 Å². The number of carboxylic acids is 1. The van der Waals surface area contributed by atoms with Crippen LogP contribution in [-0.2, 0) is 28.5 Å². The number of azide groups is 1. The number of hydrogen-bond acceptors (Lipinski definition) is 17. The van der Waals surface area contributed by atoms with Crippen LogP contribution in [0.25, 0.3) is 10.4 Å². The van der Waals surface area contributed by atoms with E-state index in [1.165, 1.54) is 13.0 Å². The summed E-state index contributed by atoms with van der Waals surface area (Å²) in [5.74, 6) is -6.97. The lowest BCUT2D eigenvalue weighted by atomic mass is 9.82. The fourth-order valence-electron chi connectivity index (χ4n) is 8.11. The SMILES string of the molecule is C[C@@H]1[C@H](O)[C@@H](C)/C=C/C=C/C=C/C=C/C=C/C=C/C=C/[C@H](OC2O[C@H](C)[C@@H](O)[C@H](N=[N+]=[N-])C2O)C[C@@H]2OC(O)(C[C@@H](O)C[C@@H](O)C(O)CCC(O)C[C@@H](O)CC(=O)O[C@H]1C)C[C@H](O)[C@H]2C(=O)O. The van der Waals surface area contributed by atoms with Gasteiger partial charge in [-0.05, 0) is 38.6 Å². The van der Waals surface area contributed by atoms with Crippen molar-refractivity contribution in [1.29, 1.82) is 0 Å². The van der Waals surface area contributed by atoms with Crippen molar-refractivity contribution in [3.63, 3.8) is 0 Å². The number of carbonyl (C=O) groups excluding carboxylic acids is 1. The third-order valence-corrected chi connectivity index (χ3v) is 12.1. The van der Waals surface area contributed by atoms with E-state index in [1.807, 2.05) is 13.0 Å². The van der Waals surface area contributed by atoms with Gasteiger partial charge in [0.05, 0.1) is 79.6 Å². The van der Waals surface area contributed by atoms with Crippen molar-refractivity contribution in [2.24, 2.45) is 22.9 Å². The summed E-state index contributed by atoms with van der Waals surface area (Å²) >= 11 is 0. The number of fused-ring (bicyclic) bond motifs is 2. The zero-order chi connectivity index (χ0) is 49.8. The van der Waals surface area contributed by atoms with Crippen LogP contribution in [0.3, 0.4) is 0 Å². The molecule has 19 atom stereocenters. The minimum atomic E-state index is -2.36. The van der Waals surface area contributed by atoms with Gasteiger partial charge in [0, 0.05) is 42.4 Å². The van der Waals surface area contributed by atoms with E-state index in [2.05, 4.69) is 10.0 Å². The van der Waals surface area contributed by atoms with Gasteiger partial charge >= 0.3 is 11.9 Å². The first kappa shape index (κ1) is 57.2. The summed E-state index contributed by atoms with van der Waals surface area (Å²) in [5.41, 5.74) is 9.06. The Kier molecular flexibility index (Phi) is 24.3. The molecule has 2 fully saturated rings. The smallest absolute Gasteiger partial charge is 0.311 e. The Hall–Kier alpha value is -4.09. The summed E-state index contributed by atoms with van der Waals surface area (Å²) < 4.78 is 23.1. The van der Waals surface area contributed by atoms with E-state index in [-0.39, 0.29) is 31.6 Å². The van der Waals surface area contributed by atoms with E-state index in [1.54, 1.807) is 86.8 Å². The van der Waals surface area contributed by atoms with Gasteiger partial charge in [0.1, 0.15) is 18.1 Å². The molecular weight excluding hydrogens is 879 g/mol. The van der Waals surface area contributed by atoms with E-state index in [0.717, 1.165) is 0 Å². The maximum Gasteiger partial charge on any atom is 0.311 e. The summed E-state index contributed by atoms with van der Waals surface area (Å²) in [6.45, 7) is 6.65. The molecule has 2 saturated heterocycles. The molecule has 0 aromatic carbocycles. The van der Waals surface area contributed by atoms with Crippen molar-refractivity contribution in [2.45, 2.75) is 177 Å². The van der Waals surface area contributed by atoms with E-state index in [9.17, 15) is 65.8 Å². The number of aliphatic carboxylic acids is 1. The Morgan fingerprint density at radius 1 is 0.701 bits per heavy atom. The number of aliphatic hydroxyl groups is 10. The van der Waals surface area contributed by atoms with Crippen LogP contribution in [-0.4, -0.2) is 166 Å². The van der Waals surface area contributed by atoms with Gasteiger partial charge in [0.15, 0.2) is 12.1 Å². The molecule has 0 aromatic rings. The first-order valence-corrected chi connectivity index (χ1v) is 22.6. The van der Waals surface area contributed by atoms with Crippen LogP contribution in [0.15, 0.2) is 90.2 Å². The molecule has 0 radical (unpaired) electrons. The number of carbonyl (C=O) groups is 2. The Labute approximate surface area is 390 Å². The second-order valence-corrected chi connectivity index (χ2v) is 17.7. The standard InChI is InChI=1S/C47H71N3O17/c1-27-17-15-13-11-9-7-5-6-8-10-12-14-16-18-34(66-46-44(60)41(49-50-48)43(59)30(4)65-46)24-38-40(45(61)62)37(56)26-47(63,67-38)25-33(53)22-36(55)35(54)20-19-31(51)21-32(52)23-39(57)64-29(3)28(2)42(27)58/h5-18,27-38,40-44,46,51-56,58-60,63H,19-26H2,1-4H3,(H,61,62)/b6-5+,9-7+,10-8+,13-11+,14-12+,17-15+,18-16+/t27-,28-,29-,30+,31?,32+,33-,34-,35?,36+,37-,38-,40+,41-,42+,43+,44?,46?,47?/m0/s1. The predicted molar refractivity (Wildman–Crippen MR) is 242 cm³/mol. The van der Waals surface area contributed by atoms with Crippen molar-refractivity contribution >= 4 is 11.9 Å². The van der Waals surface area contributed by atoms with Gasteiger partial charge in [-0.2, -0.15) is 0 Å². The largest absolute Gasteiger partial charge is 0.481 e. The maximum atomic E-state index is 12.6. The van der Waals surface area contributed by atoms with Gasteiger partial charge in [-0.3, -0.25) is 9.59 Å². The van der Waals surface area contributed by atoms with Crippen molar-refractivity contribution in [3.05, 3.63) is 95.5 Å². The van der Waals surface area contributed by atoms with E-state index in [4.69, 9.17) is 24.5 Å². The quantitative estimate of drug-likeness (QED) is 0.0831. The first-order valence-electron chi connectivity index (χ1n) is 22.6. The van der Waals surface area contributed by atoms with Crippen LogP contribution in [0, 0.1) is 17.8 Å². The molecular formula is C47H71N3O17. The van der Waals surface area contributed by atoms with Crippen molar-refractivity contribution in [2.75, 3.05) is 0 Å². The normalized spacial score (nSPS) is 44.3. The Morgan fingerprint density at radius 3 is 1.87 bits per heavy atom. The number of ether oxygens (including phenoxy) is 4. The zero-order valence-electron chi connectivity index (χ0n) is 38.3. The Morgan fingerprint density at radius 2 is 1.28 bits per heavy atom.